The predicted molar refractivity (Wildman–Crippen MR) is 106 cm³/mol. The molecule has 2 amide bonds. The summed E-state index contributed by atoms with van der Waals surface area (Å²) in [6.07, 6.45) is 2.17. The van der Waals surface area contributed by atoms with Crippen molar-refractivity contribution in [3.05, 3.63) is 65.9 Å². The van der Waals surface area contributed by atoms with Crippen molar-refractivity contribution in [2.75, 3.05) is 23.8 Å². The largest absolute Gasteiger partial charge is 0.374 e. The fraction of sp³-hybridized carbons (Fsp3) is 0.238. The van der Waals surface area contributed by atoms with Crippen LogP contribution < -0.4 is 15.5 Å². The van der Waals surface area contributed by atoms with Gasteiger partial charge in [-0.25, -0.2) is 4.79 Å². The first-order valence-electron chi connectivity index (χ1n) is 9.09. The molecule has 1 aliphatic rings. The number of nitrogens with one attached hydrogen (secondary N) is 2. The lowest BCUT2D eigenvalue weighted by atomic mass is 10.0. The highest BCUT2D eigenvalue weighted by Gasteiger charge is 2.14. The average molecular weight is 362 g/mol. The zero-order valence-electron chi connectivity index (χ0n) is 15.2. The van der Waals surface area contributed by atoms with Crippen LogP contribution in [-0.4, -0.2) is 24.8 Å². The third kappa shape index (κ3) is 3.95. The molecule has 0 fully saturated rings. The summed E-state index contributed by atoms with van der Waals surface area (Å²) in [7, 11) is 2.10. The maximum Gasteiger partial charge on any atom is 0.319 e. The van der Waals surface area contributed by atoms with Crippen LogP contribution in [0.25, 0.3) is 11.3 Å². The molecule has 0 atom stereocenters. The molecule has 4 rings (SSSR count). The summed E-state index contributed by atoms with van der Waals surface area (Å²) in [5, 5.41) is 9.74. The standard InChI is InChI=1S/C21H22N4O2/c1-25-11-5-8-16-12-17(9-10-20(16)25)23-21(26)22-14-18-13-19(24-27-18)15-6-3-2-4-7-15/h2-4,6-7,9-10,12-13H,5,8,11,14H2,1H3,(H2,22,23,26). The van der Waals surface area contributed by atoms with Gasteiger partial charge in [-0.05, 0) is 36.6 Å². The molecule has 1 aliphatic heterocycles. The molecule has 6 heteroatoms. The number of amides is 2. The molecule has 0 spiro atoms. The minimum Gasteiger partial charge on any atom is -0.374 e. The fourth-order valence-corrected chi connectivity index (χ4v) is 3.35. The summed E-state index contributed by atoms with van der Waals surface area (Å²) in [5.41, 5.74) is 5.04. The van der Waals surface area contributed by atoms with E-state index in [1.807, 2.05) is 48.5 Å². The molecule has 0 radical (unpaired) electrons. The van der Waals surface area contributed by atoms with Crippen molar-refractivity contribution < 1.29 is 9.32 Å². The highest BCUT2D eigenvalue weighted by Crippen LogP contribution is 2.28. The number of hydrogen-bond donors (Lipinski definition) is 2. The monoisotopic (exact) mass is 362 g/mol. The van der Waals surface area contributed by atoms with Gasteiger partial charge in [0.2, 0.25) is 0 Å². The van der Waals surface area contributed by atoms with Gasteiger partial charge in [0, 0.05) is 36.6 Å². The Morgan fingerprint density at radius 2 is 2.04 bits per heavy atom. The van der Waals surface area contributed by atoms with Crippen LogP contribution in [0.4, 0.5) is 16.2 Å². The van der Waals surface area contributed by atoms with E-state index in [9.17, 15) is 4.79 Å². The number of benzene rings is 2. The number of rotatable bonds is 4. The van der Waals surface area contributed by atoms with E-state index in [-0.39, 0.29) is 12.6 Å². The minimum atomic E-state index is -0.267. The van der Waals surface area contributed by atoms with Gasteiger partial charge < -0.3 is 20.1 Å². The van der Waals surface area contributed by atoms with E-state index in [0.29, 0.717) is 5.76 Å². The Labute approximate surface area is 158 Å². The van der Waals surface area contributed by atoms with Crippen LogP contribution in [0, 0.1) is 0 Å². The number of aryl methyl sites for hydroxylation is 1. The molecule has 1 aromatic heterocycles. The van der Waals surface area contributed by atoms with Crippen LogP contribution in [0.1, 0.15) is 17.7 Å². The maximum atomic E-state index is 12.2. The molecule has 0 unspecified atom stereocenters. The summed E-state index contributed by atoms with van der Waals surface area (Å²) < 4.78 is 5.31. The summed E-state index contributed by atoms with van der Waals surface area (Å²) in [5.74, 6) is 0.607. The zero-order valence-corrected chi connectivity index (χ0v) is 15.2. The van der Waals surface area contributed by atoms with E-state index in [1.54, 1.807) is 0 Å². The Balaban J connectivity index is 1.34. The SMILES string of the molecule is CN1CCCc2cc(NC(=O)NCc3cc(-c4ccccc4)no3)ccc21. The average Bonchev–Trinajstić information content (AvgIpc) is 3.16. The van der Waals surface area contributed by atoms with E-state index in [4.69, 9.17) is 4.52 Å². The van der Waals surface area contributed by atoms with Gasteiger partial charge in [0.1, 0.15) is 5.69 Å². The Morgan fingerprint density at radius 3 is 2.89 bits per heavy atom. The molecule has 2 aromatic carbocycles. The Kier molecular flexibility index (Phi) is 4.78. The van der Waals surface area contributed by atoms with Gasteiger partial charge in [-0.3, -0.25) is 0 Å². The van der Waals surface area contributed by atoms with E-state index in [2.05, 4.69) is 33.8 Å². The molecule has 2 N–H and O–H groups in total. The summed E-state index contributed by atoms with van der Waals surface area (Å²) >= 11 is 0. The van der Waals surface area contributed by atoms with Gasteiger partial charge in [-0.1, -0.05) is 35.5 Å². The van der Waals surface area contributed by atoms with E-state index in [0.717, 1.165) is 36.3 Å². The fourth-order valence-electron chi connectivity index (χ4n) is 3.35. The lowest BCUT2D eigenvalue weighted by Gasteiger charge is -2.27. The number of hydrogen-bond acceptors (Lipinski definition) is 4. The highest BCUT2D eigenvalue weighted by molar-refractivity contribution is 5.89. The third-order valence-corrected chi connectivity index (χ3v) is 4.74. The molecule has 3 aromatic rings. The van der Waals surface area contributed by atoms with Crippen LogP contribution in [0.15, 0.2) is 59.1 Å². The molecular formula is C21H22N4O2. The lowest BCUT2D eigenvalue weighted by Crippen LogP contribution is -2.28. The Hall–Kier alpha value is -3.28. The van der Waals surface area contributed by atoms with Gasteiger partial charge >= 0.3 is 6.03 Å². The van der Waals surface area contributed by atoms with Crippen LogP contribution in [0.5, 0.6) is 0 Å². The summed E-state index contributed by atoms with van der Waals surface area (Å²) in [4.78, 5) is 14.4. The van der Waals surface area contributed by atoms with Crippen molar-refractivity contribution in [1.29, 1.82) is 0 Å². The number of aromatic nitrogens is 1. The second kappa shape index (κ2) is 7.53. The van der Waals surface area contributed by atoms with E-state index < -0.39 is 0 Å². The predicted octanol–water partition coefficient (Wildman–Crippen LogP) is 4.05. The van der Waals surface area contributed by atoms with Gasteiger partial charge in [-0.2, -0.15) is 0 Å². The van der Waals surface area contributed by atoms with Crippen molar-refractivity contribution in [2.24, 2.45) is 0 Å². The molecule has 2 heterocycles. The molecule has 138 valence electrons. The number of fused-ring (bicyclic) bond motifs is 1. The molecule has 0 saturated carbocycles. The number of urea groups is 1. The zero-order chi connectivity index (χ0) is 18.6. The van der Waals surface area contributed by atoms with Crippen LogP contribution in [-0.2, 0) is 13.0 Å². The van der Waals surface area contributed by atoms with Gasteiger partial charge in [-0.15, -0.1) is 0 Å². The third-order valence-electron chi connectivity index (χ3n) is 4.74. The Bertz CT molecular complexity index is 936. The first-order valence-corrected chi connectivity index (χ1v) is 9.09. The number of carbonyl (C=O) groups is 1. The topological polar surface area (TPSA) is 70.4 Å². The normalized spacial score (nSPS) is 13.1. The smallest absolute Gasteiger partial charge is 0.319 e. The summed E-state index contributed by atoms with van der Waals surface area (Å²) in [6, 6.07) is 17.4. The second-order valence-electron chi connectivity index (χ2n) is 6.72. The van der Waals surface area contributed by atoms with Crippen LogP contribution in [0.2, 0.25) is 0 Å². The van der Waals surface area contributed by atoms with Gasteiger partial charge in [0.15, 0.2) is 5.76 Å². The van der Waals surface area contributed by atoms with Crippen molar-refractivity contribution in [1.82, 2.24) is 10.5 Å². The maximum absolute atomic E-state index is 12.2. The number of nitrogens with zero attached hydrogens (tertiary/aromatic N) is 2. The van der Waals surface area contributed by atoms with Gasteiger partial charge in [0.25, 0.3) is 0 Å². The molecule has 0 bridgehead atoms. The Morgan fingerprint density at radius 1 is 1.19 bits per heavy atom. The highest BCUT2D eigenvalue weighted by atomic mass is 16.5. The molecule has 0 saturated heterocycles. The minimum absolute atomic E-state index is 0.267. The quantitative estimate of drug-likeness (QED) is 0.735. The van der Waals surface area contributed by atoms with Crippen molar-refractivity contribution >= 4 is 17.4 Å². The number of carbonyl (C=O) groups excluding carboxylic acids is 1. The van der Waals surface area contributed by atoms with Crippen LogP contribution in [0.3, 0.4) is 0 Å². The van der Waals surface area contributed by atoms with Gasteiger partial charge in [0.05, 0.1) is 6.54 Å². The number of anilines is 2. The van der Waals surface area contributed by atoms with Crippen molar-refractivity contribution in [3.8, 4) is 11.3 Å². The second-order valence-corrected chi connectivity index (χ2v) is 6.72. The first kappa shape index (κ1) is 17.1. The van der Waals surface area contributed by atoms with Crippen molar-refractivity contribution in [3.63, 3.8) is 0 Å². The van der Waals surface area contributed by atoms with E-state index in [1.165, 1.54) is 11.3 Å². The first-order chi connectivity index (χ1) is 13.2. The summed E-state index contributed by atoms with van der Waals surface area (Å²) in [6.45, 7) is 1.35. The van der Waals surface area contributed by atoms with E-state index >= 15 is 0 Å². The molecule has 27 heavy (non-hydrogen) atoms. The van der Waals surface area contributed by atoms with Crippen molar-refractivity contribution in [2.45, 2.75) is 19.4 Å². The molecule has 6 nitrogen and oxygen atoms in total. The van der Waals surface area contributed by atoms with Crippen LogP contribution >= 0.6 is 0 Å². The lowest BCUT2D eigenvalue weighted by molar-refractivity contribution is 0.250. The molecular weight excluding hydrogens is 340 g/mol. The molecule has 0 aliphatic carbocycles.